The first kappa shape index (κ1) is 19.5. The quantitative estimate of drug-likeness (QED) is 0.314. The van der Waals surface area contributed by atoms with E-state index in [1.807, 2.05) is 6.08 Å². The fraction of sp³-hybridized carbons (Fsp3) is 0.417. The van der Waals surface area contributed by atoms with Gasteiger partial charge in [0.1, 0.15) is 11.5 Å². The standard InChI is InChI=1S/C24H30O3/c1-6-7-8-9-11-25-21-15-17(2)14-20-19(21)13-18(3)16-22(20)26-12-10-23-24(4,5)27-23/h6-8,13-16,23H,1,9-12H2,2-5H3/b8-7-. The van der Waals surface area contributed by atoms with Crippen LogP contribution < -0.4 is 9.47 Å². The van der Waals surface area contributed by atoms with E-state index >= 15 is 0 Å². The van der Waals surface area contributed by atoms with Gasteiger partial charge < -0.3 is 14.2 Å². The summed E-state index contributed by atoms with van der Waals surface area (Å²) in [7, 11) is 0. The lowest BCUT2D eigenvalue weighted by molar-refractivity contribution is 0.276. The van der Waals surface area contributed by atoms with Gasteiger partial charge in [0.2, 0.25) is 0 Å². The fourth-order valence-electron chi connectivity index (χ4n) is 3.35. The first-order valence-electron chi connectivity index (χ1n) is 9.66. The van der Waals surface area contributed by atoms with Crippen molar-refractivity contribution in [2.75, 3.05) is 13.2 Å². The second kappa shape index (κ2) is 8.18. The summed E-state index contributed by atoms with van der Waals surface area (Å²) in [5.74, 6) is 1.83. The highest BCUT2D eigenvalue weighted by atomic mass is 16.6. The van der Waals surface area contributed by atoms with Crippen LogP contribution in [0.5, 0.6) is 11.5 Å². The van der Waals surface area contributed by atoms with Crippen molar-refractivity contribution in [3.05, 3.63) is 60.2 Å². The van der Waals surface area contributed by atoms with E-state index in [-0.39, 0.29) is 5.60 Å². The SMILES string of the molecule is C=C/C=C\CCOc1cc(C)cc2c(OCCC3OC3(C)C)cc(C)cc12. The van der Waals surface area contributed by atoms with Crippen molar-refractivity contribution in [2.45, 2.75) is 52.2 Å². The number of rotatable bonds is 9. The van der Waals surface area contributed by atoms with Crippen molar-refractivity contribution < 1.29 is 14.2 Å². The summed E-state index contributed by atoms with van der Waals surface area (Å²) in [5.41, 5.74) is 2.34. The van der Waals surface area contributed by atoms with Crippen LogP contribution in [0.2, 0.25) is 0 Å². The minimum Gasteiger partial charge on any atom is -0.493 e. The van der Waals surface area contributed by atoms with E-state index in [1.165, 1.54) is 11.1 Å². The molecule has 1 saturated heterocycles. The first-order valence-corrected chi connectivity index (χ1v) is 9.66. The predicted octanol–water partition coefficient (Wildman–Crippen LogP) is 5.91. The molecule has 1 unspecified atom stereocenters. The lowest BCUT2D eigenvalue weighted by Gasteiger charge is -2.15. The number of hydrogen-bond acceptors (Lipinski definition) is 3. The third kappa shape index (κ3) is 4.92. The average molecular weight is 367 g/mol. The maximum absolute atomic E-state index is 6.15. The highest BCUT2D eigenvalue weighted by Crippen LogP contribution is 2.38. The molecule has 144 valence electrons. The van der Waals surface area contributed by atoms with E-state index in [0.29, 0.717) is 19.3 Å². The Morgan fingerprint density at radius 1 is 1.00 bits per heavy atom. The topological polar surface area (TPSA) is 31.0 Å². The van der Waals surface area contributed by atoms with Crippen molar-refractivity contribution in [1.29, 1.82) is 0 Å². The van der Waals surface area contributed by atoms with Crippen molar-refractivity contribution in [3.63, 3.8) is 0 Å². The molecular weight excluding hydrogens is 336 g/mol. The second-order valence-electron chi connectivity index (χ2n) is 7.77. The summed E-state index contributed by atoms with van der Waals surface area (Å²) < 4.78 is 17.9. The number of benzene rings is 2. The van der Waals surface area contributed by atoms with Crippen molar-refractivity contribution in [1.82, 2.24) is 0 Å². The molecule has 1 aliphatic rings. The van der Waals surface area contributed by atoms with Crippen LogP contribution in [-0.2, 0) is 4.74 Å². The van der Waals surface area contributed by atoms with E-state index in [2.05, 4.69) is 64.6 Å². The molecule has 2 aromatic carbocycles. The van der Waals surface area contributed by atoms with E-state index < -0.39 is 0 Å². The lowest BCUT2D eigenvalue weighted by Crippen LogP contribution is -2.08. The smallest absolute Gasteiger partial charge is 0.127 e. The summed E-state index contributed by atoms with van der Waals surface area (Å²) in [6.45, 7) is 13.4. The predicted molar refractivity (Wildman–Crippen MR) is 112 cm³/mol. The highest BCUT2D eigenvalue weighted by Gasteiger charge is 2.47. The summed E-state index contributed by atoms with van der Waals surface area (Å²) >= 11 is 0. The summed E-state index contributed by atoms with van der Waals surface area (Å²) in [6.07, 6.45) is 7.85. The summed E-state index contributed by atoms with van der Waals surface area (Å²) in [4.78, 5) is 0. The maximum atomic E-state index is 6.15. The van der Waals surface area contributed by atoms with E-state index in [1.54, 1.807) is 6.08 Å². The molecule has 1 aliphatic heterocycles. The Balaban J connectivity index is 1.77. The number of hydrogen-bond donors (Lipinski definition) is 0. The largest absolute Gasteiger partial charge is 0.493 e. The summed E-state index contributed by atoms with van der Waals surface area (Å²) in [6, 6.07) is 8.55. The van der Waals surface area contributed by atoms with Gasteiger partial charge >= 0.3 is 0 Å². The van der Waals surface area contributed by atoms with Gasteiger partial charge in [0.15, 0.2) is 0 Å². The van der Waals surface area contributed by atoms with Gasteiger partial charge in [-0.1, -0.05) is 24.8 Å². The number of aryl methyl sites for hydroxylation is 2. The lowest BCUT2D eigenvalue weighted by atomic mass is 10.0. The molecule has 1 atom stereocenters. The molecule has 3 nitrogen and oxygen atoms in total. The normalized spacial score (nSPS) is 18.0. The van der Waals surface area contributed by atoms with Crippen molar-refractivity contribution in [2.24, 2.45) is 0 Å². The molecule has 0 bridgehead atoms. The molecule has 1 fully saturated rings. The minimum absolute atomic E-state index is 0.00960. The van der Waals surface area contributed by atoms with Crippen LogP contribution in [0.3, 0.4) is 0 Å². The van der Waals surface area contributed by atoms with Crippen LogP contribution in [0.1, 0.15) is 37.8 Å². The van der Waals surface area contributed by atoms with Gasteiger partial charge in [-0.25, -0.2) is 0 Å². The Hall–Kier alpha value is -2.26. The molecule has 0 aliphatic carbocycles. The van der Waals surface area contributed by atoms with Crippen LogP contribution in [-0.4, -0.2) is 24.9 Å². The van der Waals surface area contributed by atoms with Crippen LogP contribution in [0, 0.1) is 13.8 Å². The van der Waals surface area contributed by atoms with Crippen LogP contribution >= 0.6 is 0 Å². The van der Waals surface area contributed by atoms with Gasteiger partial charge in [-0.2, -0.15) is 0 Å². The third-order valence-corrected chi connectivity index (χ3v) is 4.90. The Morgan fingerprint density at radius 2 is 1.56 bits per heavy atom. The minimum atomic E-state index is 0.00960. The molecule has 3 rings (SSSR count). The highest BCUT2D eigenvalue weighted by molar-refractivity contribution is 5.94. The number of fused-ring (bicyclic) bond motifs is 1. The molecule has 0 amide bonds. The van der Waals surface area contributed by atoms with Gasteiger partial charge in [0, 0.05) is 17.2 Å². The van der Waals surface area contributed by atoms with E-state index in [0.717, 1.165) is 35.1 Å². The Morgan fingerprint density at radius 3 is 2.07 bits per heavy atom. The first-order chi connectivity index (χ1) is 12.9. The Labute approximate surface area is 162 Å². The second-order valence-corrected chi connectivity index (χ2v) is 7.77. The van der Waals surface area contributed by atoms with Crippen LogP contribution in [0.25, 0.3) is 10.8 Å². The monoisotopic (exact) mass is 366 g/mol. The maximum Gasteiger partial charge on any atom is 0.127 e. The fourth-order valence-corrected chi connectivity index (χ4v) is 3.35. The van der Waals surface area contributed by atoms with Crippen LogP contribution in [0.15, 0.2) is 49.1 Å². The zero-order valence-corrected chi connectivity index (χ0v) is 16.9. The molecular formula is C24H30O3. The zero-order valence-electron chi connectivity index (χ0n) is 16.9. The van der Waals surface area contributed by atoms with Gasteiger partial charge in [0.05, 0.1) is 24.9 Å². The van der Waals surface area contributed by atoms with Gasteiger partial charge in [-0.3, -0.25) is 0 Å². The average Bonchev–Trinajstić information content (AvgIpc) is 3.22. The van der Waals surface area contributed by atoms with Crippen LogP contribution in [0.4, 0.5) is 0 Å². The van der Waals surface area contributed by atoms with Crippen molar-refractivity contribution >= 4 is 10.8 Å². The molecule has 3 heteroatoms. The number of epoxide rings is 1. The zero-order chi connectivity index (χ0) is 19.4. The molecule has 27 heavy (non-hydrogen) atoms. The number of ether oxygens (including phenoxy) is 3. The van der Waals surface area contributed by atoms with Gasteiger partial charge in [-0.05, 0) is 69.5 Å². The summed E-state index contributed by atoms with van der Waals surface area (Å²) in [5, 5.41) is 2.21. The molecule has 0 radical (unpaired) electrons. The molecule has 0 saturated carbocycles. The Bertz CT molecular complexity index is 848. The van der Waals surface area contributed by atoms with Gasteiger partial charge in [-0.15, -0.1) is 0 Å². The Kier molecular flexibility index (Phi) is 5.91. The molecule has 0 aromatic heterocycles. The molecule has 2 aromatic rings. The van der Waals surface area contributed by atoms with Crippen molar-refractivity contribution in [3.8, 4) is 11.5 Å². The molecule has 0 spiro atoms. The van der Waals surface area contributed by atoms with Gasteiger partial charge in [0.25, 0.3) is 0 Å². The molecule has 0 N–H and O–H groups in total. The number of allylic oxidation sites excluding steroid dienone is 2. The molecule has 1 heterocycles. The third-order valence-electron chi connectivity index (χ3n) is 4.90. The van der Waals surface area contributed by atoms with E-state index in [4.69, 9.17) is 14.2 Å². The van der Waals surface area contributed by atoms with E-state index in [9.17, 15) is 0 Å².